The maximum absolute atomic E-state index is 12.6. The first kappa shape index (κ1) is 13.1. The van der Waals surface area contributed by atoms with E-state index in [1.807, 2.05) is 24.9 Å². The molecule has 1 amide bonds. The van der Waals surface area contributed by atoms with E-state index in [-0.39, 0.29) is 5.91 Å². The molecule has 0 saturated carbocycles. The molecule has 0 atom stereocenters. The molecule has 0 radical (unpaired) electrons. The number of carbonyl (C=O) groups excluding carboxylic acids is 1. The summed E-state index contributed by atoms with van der Waals surface area (Å²) in [5.74, 6) is 0.0342. The van der Waals surface area contributed by atoms with E-state index in [1.54, 1.807) is 6.20 Å². The molecule has 2 aromatic heterocycles. The number of fused-ring (bicyclic) bond motifs is 1. The number of hydrogen-bond acceptors (Lipinski definition) is 4. The van der Waals surface area contributed by atoms with Crippen LogP contribution in [0.3, 0.4) is 0 Å². The van der Waals surface area contributed by atoms with Gasteiger partial charge in [0.25, 0.3) is 5.91 Å². The molecule has 1 aliphatic rings. The highest BCUT2D eigenvalue weighted by molar-refractivity contribution is 5.97. The molecule has 2 N–H and O–H groups in total. The first-order chi connectivity index (χ1) is 9.66. The van der Waals surface area contributed by atoms with Gasteiger partial charge in [0.1, 0.15) is 0 Å². The Labute approximate surface area is 117 Å². The number of amides is 1. The number of aromatic nitrogens is 3. The van der Waals surface area contributed by atoms with Crippen LogP contribution in [0.4, 0.5) is 0 Å². The van der Waals surface area contributed by atoms with Crippen LogP contribution in [-0.4, -0.2) is 52.2 Å². The monoisotopic (exact) mass is 273 g/mol. The van der Waals surface area contributed by atoms with Crippen LogP contribution in [0.25, 0.3) is 11.0 Å². The lowest BCUT2D eigenvalue weighted by molar-refractivity contribution is 0.0703. The number of aromatic amines is 1. The Kier molecular flexibility index (Phi) is 3.40. The highest BCUT2D eigenvalue weighted by atomic mass is 16.2. The smallest absolute Gasteiger partial charge is 0.255 e. The van der Waals surface area contributed by atoms with Crippen molar-refractivity contribution in [1.29, 1.82) is 0 Å². The zero-order valence-corrected chi connectivity index (χ0v) is 11.8. The third-order valence-electron chi connectivity index (χ3n) is 4.02. The SMILES string of the molecule is Cc1[nH]nc2ncc(C(=O)N(C)C3CCNCC3)cc12. The number of carbonyl (C=O) groups is 1. The molecule has 1 saturated heterocycles. The van der Waals surface area contributed by atoms with E-state index in [0.717, 1.165) is 37.0 Å². The minimum atomic E-state index is 0.0342. The molecule has 20 heavy (non-hydrogen) atoms. The number of piperidine rings is 1. The first-order valence-electron chi connectivity index (χ1n) is 6.95. The Morgan fingerprint density at radius 2 is 2.15 bits per heavy atom. The van der Waals surface area contributed by atoms with Gasteiger partial charge >= 0.3 is 0 Å². The molecule has 1 fully saturated rings. The van der Waals surface area contributed by atoms with Gasteiger partial charge in [-0.15, -0.1) is 0 Å². The average molecular weight is 273 g/mol. The zero-order chi connectivity index (χ0) is 14.1. The Balaban J connectivity index is 1.85. The van der Waals surface area contributed by atoms with Gasteiger partial charge in [0.05, 0.1) is 5.56 Å². The van der Waals surface area contributed by atoms with Crippen molar-refractivity contribution in [1.82, 2.24) is 25.4 Å². The van der Waals surface area contributed by atoms with Crippen LogP contribution in [-0.2, 0) is 0 Å². The van der Waals surface area contributed by atoms with E-state index in [4.69, 9.17) is 0 Å². The summed E-state index contributed by atoms with van der Waals surface area (Å²) >= 11 is 0. The normalized spacial score (nSPS) is 16.5. The highest BCUT2D eigenvalue weighted by Gasteiger charge is 2.23. The van der Waals surface area contributed by atoms with Gasteiger partial charge in [-0.25, -0.2) is 4.98 Å². The second-order valence-corrected chi connectivity index (χ2v) is 5.34. The van der Waals surface area contributed by atoms with Gasteiger partial charge in [-0.2, -0.15) is 5.10 Å². The van der Waals surface area contributed by atoms with Crippen molar-refractivity contribution in [2.24, 2.45) is 0 Å². The van der Waals surface area contributed by atoms with Crippen molar-refractivity contribution in [3.05, 3.63) is 23.5 Å². The van der Waals surface area contributed by atoms with Crippen LogP contribution < -0.4 is 5.32 Å². The molecule has 0 bridgehead atoms. The first-order valence-corrected chi connectivity index (χ1v) is 6.95. The van der Waals surface area contributed by atoms with Gasteiger partial charge < -0.3 is 10.2 Å². The van der Waals surface area contributed by atoms with Gasteiger partial charge in [0.2, 0.25) is 0 Å². The fourth-order valence-corrected chi connectivity index (χ4v) is 2.70. The Hall–Kier alpha value is -1.95. The van der Waals surface area contributed by atoms with Crippen LogP contribution >= 0.6 is 0 Å². The average Bonchev–Trinajstić information content (AvgIpc) is 2.87. The summed E-state index contributed by atoms with van der Waals surface area (Å²) in [5.41, 5.74) is 2.22. The molecule has 6 nitrogen and oxygen atoms in total. The summed E-state index contributed by atoms with van der Waals surface area (Å²) in [6.07, 6.45) is 3.62. The molecule has 1 aliphatic heterocycles. The van der Waals surface area contributed by atoms with Crippen molar-refractivity contribution < 1.29 is 4.79 Å². The standard InChI is InChI=1S/C14H19N5O/c1-9-12-7-10(8-16-13(12)18-17-9)14(20)19(2)11-3-5-15-6-4-11/h7-8,11,15H,3-6H2,1-2H3,(H,16,17,18). The summed E-state index contributed by atoms with van der Waals surface area (Å²) in [7, 11) is 1.88. The van der Waals surface area contributed by atoms with Crippen LogP contribution in [0.5, 0.6) is 0 Å². The number of nitrogens with one attached hydrogen (secondary N) is 2. The van der Waals surface area contributed by atoms with Crippen LogP contribution in [0.2, 0.25) is 0 Å². The van der Waals surface area contributed by atoms with Gasteiger partial charge in [-0.1, -0.05) is 0 Å². The maximum Gasteiger partial charge on any atom is 0.255 e. The van der Waals surface area contributed by atoms with E-state index in [9.17, 15) is 4.79 Å². The Morgan fingerprint density at radius 3 is 2.90 bits per heavy atom. The number of nitrogens with zero attached hydrogens (tertiary/aromatic N) is 3. The number of hydrogen-bond donors (Lipinski definition) is 2. The van der Waals surface area contributed by atoms with Crippen LogP contribution in [0, 0.1) is 6.92 Å². The molecule has 106 valence electrons. The second kappa shape index (κ2) is 5.20. The fraction of sp³-hybridized carbons (Fsp3) is 0.500. The Bertz CT molecular complexity index is 630. The number of H-pyrrole nitrogens is 1. The lowest BCUT2D eigenvalue weighted by atomic mass is 10.0. The highest BCUT2D eigenvalue weighted by Crippen LogP contribution is 2.18. The van der Waals surface area contributed by atoms with Crippen molar-refractivity contribution in [3.63, 3.8) is 0 Å². The Morgan fingerprint density at radius 1 is 1.40 bits per heavy atom. The molecule has 0 spiro atoms. The third-order valence-corrected chi connectivity index (χ3v) is 4.02. The summed E-state index contributed by atoms with van der Waals surface area (Å²) in [6.45, 7) is 3.88. The molecule has 0 aromatic carbocycles. The molecular weight excluding hydrogens is 254 g/mol. The second-order valence-electron chi connectivity index (χ2n) is 5.34. The number of pyridine rings is 1. The lowest BCUT2D eigenvalue weighted by Gasteiger charge is -2.31. The van der Waals surface area contributed by atoms with Crippen molar-refractivity contribution in [3.8, 4) is 0 Å². The van der Waals surface area contributed by atoms with E-state index in [2.05, 4.69) is 20.5 Å². The van der Waals surface area contributed by atoms with E-state index in [0.29, 0.717) is 17.3 Å². The van der Waals surface area contributed by atoms with Crippen LogP contribution in [0.1, 0.15) is 28.9 Å². The van der Waals surface area contributed by atoms with Gasteiger partial charge in [-0.05, 0) is 38.9 Å². The minimum Gasteiger partial charge on any atom is -0.339 e. The van der Waals surface area contributed by atoms with Crippen molar-refractivity contribution in [2.75, 3.05) is 20.1 Å². The molecule has 3 heterocycles. The third kappa shape index (κ3) is 2.27. The molecular formula is C14H19N5O. The predicted molar refractivity (Wildman–Crippen MR) is 76.6 cm³/mol. The fourth-order valence-electron chi connectivity index (χ4n) is 2.70. The van der Waals surface area contributed by atoms with Crippen molar-refractivity contribution in [2.45, 2.75) is 25.8 Å². The maximum atomic E-state index is 12.6. The molecule has 2 aromatic rings. The van der Waals surface area contributed by atoms with Gasteiger partial charge in [0.15, 0.2) is 5.65 Å². The van der Waals surface area contributed by atoms with Gasteiger partial charge in [0, 0.05) is 30.4 Å². The molecule has 6 heteroatoms. The largest absolute Gasteiger partial charge is 0.339 e. The van der Waals surface area contributed by atoms with Crippen LogP contribution in [0.15, 0.2) is 12.3 Å². The quantitative estimate of drug-likeness (QED) is 0.859. The molecule has 0 unspecified atom stereocenters. The summed E-state index contributed by atoms with van der Waals surface area (Å²) in [5, 5.41) is 11.2. The number of rotatable bonds is 2. The summed E-state index contributed by atoms with van der Waals surface area (Å²) < 4.78 is 0. The topological polar surface area (TPSA) is 73.9 Å². The molecule has 0 aliphatic carbocycles. The minimum absolute atomic E-state index is 0.0342. The summed E-state index contributed by atoms with van der Waals surface area (Å²) in [6, 6.07) is 2.19. The number of aryl methyl sites for hydroxylation is 1. The predicted octanol–water partition coefficient (Wildman–Crippen LogP) is 1.09. The van der Waals surface area contributed by atoms with E-state index in [1.165, 1.54) is 0 Å². The van der Waals surface area contributed by atoms with E-state index >= 15 is 0 Å². The van der Waals surface area contributed by atoms with Gasteiger partial charge in [-0.3, -0.25) is 9.89 Å². The van der Waals surface area contributed by atoms with E-state index < -0.39 is 0 Å². The summed E-state index contributed by atoms with van der Waals surface area (Å²) in [4.78, 5) is 18.7. The zero-order valence-electron chi connectivity index (χ0n) is 11.8. The lowest BCUT2D eigenvalue weighted by Crippen LogP contribution is -2.43. The molecule has 3 rings (SSSR count). The van der Waals surface area contributed by atoms with Crippen molar-refractivity contribution >= 4 is 16.9 Å².